The number of amides is 1. The third kappa shape index (κ3) is 6.53. The maximum absolute atomic E-state index is 12.9. The zero-order chi connectivity index (χ0) is 19.2. The Hall–Kier alpha value is -2.32. The minimum Gasteiger partial charge on any atom is -0.351 e. The van der Waals surface area contributed by atoms with Crippen LogP contribution in [0.4, 0.5) is 8.78 Å². The Kier molecular flexibility index (Phi) is 6.82. The lowest BCUT2D eigenvalue weighted by Gasteiger charge is -2.19. The van der Waals surface area contributed by atoms with Crippen molar-refractivity contribution >= 4 is 15.9 Å². The van der Waals surface area contributed by atoms with E-state index in [1.54, 1.807) is 24.3 Å². The van der Waals surface area contributed by atoms with Crippen LogP contribution in [0.1, 0.15) is 11.1 Å². The minimum atomic E-state index is -3.58. The van der Waals surface area contributed by atoms with E-state index in [2.05, 4.69) is 5.32 Å². The first-order valence-corrected chi connectivity index (χ1v) is 9.79. The number of rotatable bonds is 8. The summed E-state index contributed by atoms with van der Waals surface area (Å²) in [5.41, 5.74) is 1.48. The Morgan fingerprint density at radius 1 is 0.962 bits per heavy atom. The molecule has 2 aromatic rings. The smallest absolute Gasteiger partial charge is 0.235 e. The molecule has 0 bridgehead atoms. The van der Waals surface area contributed by atoms with Crippen molar-refractivity contribution in [2.75, 3.05) is 19.3 Å². The molecule has 0 aliphatic heterocycles. The average Bonchev–Trinajstić information content (AvgIpc) is 2.58. The number of hydrogen-bond acceptors (Lipinski definition) is 3. The van der Waals surface area contributed by atoms with Crippen molar-refractivity contribution in [3.8, 4) is 0 Å². The van der Waals surface area contributed by atoms with Gasteiger partial charge in [0.25, 0.3) is 0 Å². The highest BCUT2D eigenvalue weighted by Crippen LogP contribution is 2.07. The van der Waals surface area contributed by atoms with E-state index in [0.717, 1.165) is 16.1 Å². The van der Waals surface area contributed by atoms with Crippen molar-refractivity contribution in [2.24, 2.45) is 0 Å². The van der Waals surface area contributed by atoms with Gasteiger partial charge in [0.15, 0.2) is 0 Å². The van der Waals surface area contributed by atoms with E-state index in [1.807, 2.05) is 0 Å². The van der Waals surface area contributed by atoms with Gasteiger partial charge in [-0.1, -0.05) is 24.3 Å². The van der Waals surface area contributed by atoms with Gasteiger partial charge in [-0.2, -0.15) is 4.31 Å². The Balaban J connectivity index is 1.91. The predicted octanol–water partition coefficient (Wildman–Crippen LogP) is 2.09. The summed E-state index contributed by atoms with van der Waals surface area (Å²) < 4.78 is 50.6. The summed E-state index contributed by atoms with van der Waals surface area (Å²) >= 11 is 0. The molecule has 8 heteroatoms. The van der Waals surface area contributed by atoms with Crippen molar-refractivity contribution in [2.45, 2.75) is 13.0 Å². The normalized spacial score (nSPS) is 11.5. The van der Waals surface area contributed by atoms with E-state index >= 15 is 0 Å². The fraction of sp³-hybridized carbons (Fsp3) is 0.278. The molecule has 5 nitrogen and oxygen atoms in total. The van der Waals surface area contributed by atoms with Gasteiger partial charge in [0.1, 0.15) is 11.6 Å². The summed E-state index contributed by atoms with van der Waals surface area (Å²) in [6.07, 6.45) is 1.39. The monoisotopic (exact) mass is 382 g/mol. The van der Waals surface area contributed by atoms with Gasteiger partial charge >= 0.3 is 0 Å². The molecule has 0 saturated carbocycles. The molecule has 0 radical (unpaired) electrons. The van der Waals surface area contributed by atoms with Crippen molar-refractivity contribution in [3.63, 3.8) is 0 Å². The van der Waals surface area contributed by atoms with Gasteiger partial charge in [0, 0.05) is 13.1 Å². The lowest BCUT2D eigenvalue weighted by Crippen LogP contribution is -2.41. The minimum absolute atomic E-state index is 0.106. The maximum atomic E-state index is 12.9. The number of halogens is 2. The van der Waals surface area contributed by atoms with Crippen LogP contribution in [-0.4, -0.2) is 38.0 Å². The molecule has 140 valence electrons. The van der Waals surface area contributed by atoms with Crippen LogP contribution in [0.3, 0.4) is 0 Å². The molecule has 1 amide bonds. The summed E-state index contributed by atoms with van der Waals surface area (Å²) in [7, 11) is -3.58. The quantitative estimate of drug-likeness (QED) is 0.760. The summed E-state index contributed by atoms with van der Waals surface area (Å²) in [5, 5.41) is 2.61. The molecule has 2 rings (SSSR count). The maximum Gasteiger partial charge on any atom is 0.235 e. The van der Waals surface area contributed by atoms with Crippen molar-refractivity contribution < 1.29 is 22.0 Å². The van der Waals surface area contributed by atoms with Crippen LogP contribution in [0, 0.1) is 11.6 Å². The van der Waals surface area contributed by atoms with Gasteiger partial charge < -0.3 is 5.32 Å². The van der Waals surface area contributed by atoms with Crippen molar-refractivity contribution in [1.29, 1.82) is 0 Å². The van der Waals surface area contributed by atoms with Crippen LogP contribution in [0.2, 0.25) is 0 Å². The first-order valence-electron chi connectivity index (χ1n) is 7.95. The summed E-state index contributed by atoms with van der Waals surface area (Å²) in [5.74, 6) is -1.20. The van der Waals surface area contributed by atoms with Crippen molar-refractivity contribution in [3.05, 3.63) is 71.3 Å². The number of nitrogens with one attached hydrogen (secondary N) is 1. The van der Waals surface area contributed by atoms with Crippen LogP contribution in [-0.2, 0) is 27.8 Å². The predicted molar refractivity (Wildman–Crippen MR) is 94.8 cm³/mol. The zero-order valence-corrected chi connectivity index (χ0v) is 15.1. The first kappa shape index (κ1) is 20.0. The highest BCUT2D eigenvalue weighted by atomic mass is 32.2. The molecule has 0 aliphatic carbocycles. The van der Waals surface area contributed by atoms with E-state index in [1.165, 1.54) is 24.3 Å². The molecule has 2 aromatic carbocycles. The molecule has 0 fully saturated rings. The fourth-order valence-corrected chi connectivity index (χ4v) is 3.06. The van der Waals surface area contributed by atoms with Gasteiger partial charge in [0.2, 0.25) is 15.9 Å². The summed E-state index contributed by atoms with van der Waals surface area (Å²) in [4.78, 5) is 12.1. The van der Waals surface area contributed by atoms with Crippen LogP contribution in [0.15, 0.2) is 48.5 Å². The highest BCUT2D eigenvalue weighted by molar-refractivity contribution is 7.88. The third-order valence-electron chi connectivity index (χ3n) is 3.76. The Bertz CT molecular complexity index is 838. The molecule has 0 unspecified atom stereocenters. The van der Waals surface area contributed by atoms with Crippen LogP contribution < -0.4 is 5.32 Å². The largest absolute Gasteiger partial charge is 0.351 e. The summed E-state index contributed by atoms with van der Waals surface area (Å²) in [6, 6.07) is 11.4. The van der Waals surface area contributed by atoms with Gasteiger partial charge in [-0.25, -0.2) is 17.2 Å². The van der Waals surface area contributed by atoms with Crippen molar-refractivity contribution in [1.82, 2.24) is 9.62 Å². The van der Waals surface area contributed by atoms with Crippen LogP contribution >= 0.6 is 0 Å². The summed E-state index contributed by atoms with van der Waals surface area (Å²) in [6.45, 7) is -0.0374. The van der Waals surface area contributed by atoms with E-state index in [4.69, 9.17) is 0 Å². The number of benzene rings is 2. The molecule has 0 aromatic heterocycles. The molecule has 26 heavy (non-hydrogen) atoms. The van der Waals surface area contributed by atoms with Gasteiger partial charge in [-0.05, 0) is 41.8 Å². The molecular formula is C18H20F2N2O3S. The lowest BCUT2D eigenvalue weighted by atomic mass is 10.1. The second kappa shape index (κ2) is 8.86. The van der Waals surface area contributed by atoms with Gasteiger partial charge in [-0.3, -0.25) is 4.79 Å². The van der Waals surface area contributed by atoms with E-state index in [0.29, 0.717) is 12.0 Å². The molecular weight excluding hydrogens is 362 g/mol. The molecule has 0 saturated heterocycles. The van der Waals surface area contributed by atoms with Crippen LogP contribution in [0.5, 0.6) is 0 Å². The Morgan fingerprint density at radius 3 is 1.96 bits per heavy atom. The molecule has 0 spiro atoms. The third-order valence-corrected chi connectivity index (χ3v) is 5.00. The highest BCUT2D eigenvalue weighted by Gasteiger charge is 2.19. The molecule has 1 N–H and O–H groups in total. The number of sulfonamides is 1. The topological polar surface area (TPSA) is 66.5 Å². The number of hydrogen-bond donors (Lipinski definition) is 1. The average molecular weight is 382 g/mol. The fourth-order valence-electron chi connectivity index (χ4n) is 2.29. The lowest BCUT2D eigenvalue weighted by molar-refractivity contribution is -0.121. The SMILES string of the molecule is CS(=O)(=O)N(CCc1ccc(F)cc1)CC(=O)NCc1ccc(F)cc1. The second-order valence-corrected chi connectivity index (χ2v) is 7.86. The zero-order valence-electron chi connectivity index (χ0n) is 14.3. The number of nitrogens with zero attached hydrogens (tertiary/aromatic N) is 1. The van der Waals surface area contributed by atoms with Gasteiger partial charge in [0.05, 0.1) is 12.8 Å². The molecule has 0 atom stereocenters. The molecule has 0 aliphatic rings. The number of carbonyl (C=O) groups excluding carboxylic acids is 1. The van der Waals surface area contributed by atoms with E-state index in [-0.39, 0.29) is 31.3 Å². The van der Waals surface area contributed by atoms with E-state index in [9.17, 15) is 22.0 Å². The standard InChI is InChI=1S/C18H20F2N2O3S/c1-26(24,25)22(11-10-14-2-6-16(19)7-3-14)13-18(23)21-12-15-4-8-17(20)9-5-15/h2-9H,10-13H2,1H3,(H,21,23). The van der Waals surface area contributed by atoms with Gasteiger partial charge in [-0.15, -0.1) is 0 Å². The van der Waals surface area contributed by atoms with E-state index < -0.39 is 15.9 Å². The Morgan fingerprint density at radius 2 is 1.46 bits per heavy atom. The second-order valence-electron chi connectivity index (χ2n) is 5.88. The first-order chi connectivity index (χ1) is 12.2. The molecule has 0 heterocycles. The number of carbonyl (C=O) groups is 1. The Labute approximate surface area is 151 Å². The van der Waals surface area contributed by atoms with Crippen LogP contribution in [0.25, 0.3) is 0 Å².